The van der Waals surface area contributed by atoms with Crippen LogP contribution in [0.3, 0.4) is 0 Å². The van der Waals surface area contributed by atoms with Gasteiger partial charge in [0.1, 0.15) is 0 Å². The molecule has 40 valence electrons. The normalized spacial score (nSPS) is 17.5. The van der Waals surface area contributed by atoms with Gasteiger partial charge in [0.05, 0.1) is 4.99 Å². The van der Waals surface area contributed by atoms with Crippen molar-refractivity contribution < 1.29 is 35.8 Å². The maximum absolute atomic E-state index is 10.3. The summed E-state index contributed by atoms with van der Waals surface area (Å²) in [6.45, 7) is 0. The minimum absolute atomic E-state index is 0. The van der Waals surface area contributed by atoms with E-state index in [-0.39, 0.29) is 36.9 Å². The van der Waals surface area contributed by atoms with Crippen LogP contribution in [0.15, 0.2) is 0 Å². The summed E-state index contributed by atoms with van der Waals surface area (Å²) in [6.07, 6.45) is 1.33. The molecule has 4 heteroatoms. The fourth-order valence-electron chi connectivity index (χ4n) is 0.508. The number of carbonyl (C=O) groups is 1. The largest absolute Gasteiger partial charge is 1.00 e. The van der Waals surface area contributed by atoms with Crippen molar-refractivity contribution in [3.8, 4) is 0 Å². The second kappa shape index (κ2) is 3.56. The van der Waals surface area contributed by atoms with Gasteiger partial charge < -0.3 is 6.74 Å². The molecule has 0 saturated carbocycles. The molecule has 1 amide bonds. The van der Waals surface area contributed by atoms with Gasteiger partial charge in [0.15, 0.2) is 0 Å². The van der Waals surface area contributed by atoms with Gasteiger partial charge in [-0.05, 0) is 0 Å². The summed E-state index contributed by atoms with van der Waals surface area (Å²) in [7, 11) is 0. The molecule has 0 aromatic heterocycles. The molecule has 0 unspecified atom stereocenters. The maximum Gasteiger partial charge on any atom is 1.00 e. The zero-order chi connectivity index (χ0) is 5.28. The third-order valence-corrected chi connectivity index (χ3v) is 1.16. The first-order chi connectivity index (χ1) is 3.29. The molecule has 1 fully saturated rings. The average Bonchev–Trinajstić information content (AvgIpc) is 1.87. The molecule has 0 spiro atoms. The first-order valence-corrected chi connectivity index (χ1v) is 2.52. The first-order valence-electron chi connectivity index (χ1n) is 2.12. The molecule has 0 radical (unpaired) electrons. The van der Waals surface area contributed by atoms with Crippen LogP contribution in [-0.4, -0.2) is 10.9 Å². The Hall–Kier alpha value is 0.560. The molecule has 1 aliphatic heterocycles. The molecule has 0 bridgehead atoms. The van der Waals surface area contributed by atoms with Crippen molar-refractivity contribution in [2.75, 3.05) is 0 Å². The summed E-state index contributed by atoms with van der Waals surface area (Å²) >= 11 is 4.66. The summed E-state index contributed by atoms with van der Waals surface area (Å²) in [4.78, 5) is 10.9. The van der Waals surface area contributed by atoms with E-state index in [9.17, 15) is 4.79 Å². The maximum atomic E-state index is 10.3. The fourth-order valence-corrected chi connectivity index (χ4v) is 0.723. The van der Waals surface area contributed by atoms with E-state index in [1.165, 1.54) is 0 Å². The molecule has 2 nitrogen and oxygen atoms in total. The second-order valence-corrected chi connectivity index (χ2v) is 1.96. The van der Waals surface area contributed by atoms with Gasteiger partial charge in [0.2, 0.25) is 5.91 Å². The number of hydrogen-bond acceptors (Lipinski definition) is 2. The van der Waals surface area contributed by atoms with Gasteiger partial charge in [-0.3, -0.25) is 4.79 Å². The molecule has 1 rings (SSSR count). The van der Waals surface area contributed by atoms with Crippen LogP contribution in [-0.2, 0) is 4.79 Å². The van der Waals surface area contributed by atoms with Gasteiger partial charge in [-0.25, -0.2) is 0 Å². The van der Waals surface area contributed by atoms with Crippen LogP contribution in [0.2, 0.25) is 0 Å². The molecular weight excluding hydrogens is 133 g/mol. The van der Waals surface area contributed by atoms with Gasteiger partial charge in [0, 0.05) is 12.8 Å². The van der Waals surface area contributed by atoms with E-state index in [2.05, 4.69) is 17.5 Å². The van der Waals surface area contributed by atoms with Crippen LogP contribution < -0.4 is 34.9 Å². The van der Waals surface area contributed by atoms with Gasteiger partial charge >= 0.3 is 29.6 Å². The van der Waals surface area contributed by atoms with E-state index in [1.807, 2.05) is 0 Å². The van der Waals surface area contributed by atoms with Crippen molar-refractivity contribution in [3.63, 3.8) is 0 Å². The Morgan fingerprint density at radius 2 is 2.25 bits per heavy atom. The van der Waals surface area contributed by atoms with Crippen LogP contribution in [0.25, 0.3) is 0 Å². The van der Waals surface area contributed by atoms with Crippen molar-refractivity contribution >= 4 is 23.1 Å². The Kier molecular flexibility index (Phi) is 3.81. The molecular formula is C4H6NNaOS. The SMILES string of the molecule is O=C1CCC(=S)N1.[H-].[Na+]. The first kappa shape index (κ1) is 8.56. The number of rotatable bonds is 0. The molecule has 1 saturated heterocycles. The minimum Gasteiger partial charge on any atom is -1.00 e. The van der Waals surface area contributed by atoms with Crippen molar-refractivity contribution in [1.29, 1.82) is 0 Å². The summed E-state index contributed by atoms with van der Waals surface area (Å²) in [6, 6.07) is 0. The van der Waals surface area contributed by atoms with E-state index < -0.39 is 0 Å². The predicted octanol–water partition coefficient (Wildman–Crippen LogP) is -2.66. The van der Waals surface area contributed by atoms with E-state index in [4.69, 9.17) is 0 Å². The zero-order valence-corrected chi connectivity index (χ0v) is 7.55. The average molecular weight is 139 g/mol. The summed E-state index contributed by atoms with van der Waals surface area (Å²) in [5, 5.41) is 2.51. The second-order valence-electron chi connectivity index (χ2n) is 1.47. The van der Waals surface area contributed by atoms with Crippen molar-refractivity contribution in [2.24, 2.45) is 0 Å². The fraction of sp³-hybridized carbons (Fsp3) is 0.500. The number of hydrogen-bond donors (Lipinski definition) is 1. The standard InChI is InChI=1S/C4H5NOS.Na.H/c6-3-1-2-4(7)5-3;;/h1-2H2,(H,5,6,7);;/q;+1;-1. The summed E-state index contributed by atoms with van der Waals surface area (Å²) < 4.78 is 0. The topological polar surface area (TPSA) is 29.1 Å². The predicted molar refractivity (Wildman–Crippen MR) is 31.1 cm³/mol. The minimum atomic E-state index is 0. The molecule has 8 heavy (non-hydrogen) atoms. The van der Waals surface area contributed by atoms with Crippen LogP contribution in [0.4, 0.5) is 0 Å². The zero-order valence-electron chi connectivity index (χ0n) is 5.73. The van der Waals surface area contributed by atoms with Gasteiger partial charge in [-0.1, -0.05) is 12.2 Å². The van der Waals surface area contributed by atoms with E-state index in [1.54, 1.807) is 0 Å². The van der Waals surface area contributed by atoms with Gasteiger partial charge in [-0.15, -0.1) is 0 Å². The molecule has 1 N–H and O–H groups in total. The quantitative estimate of drug-likeness (QED) is 0.293. The van der Waals surface area contributed by atoms with E-state index in [0.29, 0.717) is 11.4 Å². The smallest absolute Gasteiger partial charge is 1.00 e. The van der Waals surface area contributed by atoms with Crippen molar-refractivity contribution in [1.82, 2.24) is 5.32 Å². The molecule has 0 aliphatic carbocycles. The van der Waals surface area contributed by atoms with Crippen molar-refractivity contribution in [2.45, 2.75) is 12.8 Å². The Labute approximate surface area is 76.8 Å². The third-order valence-electron chi connectivity index (χ3n) is 0.858. The number of thiocarbonyl (C=S) groups is 1. The van der Waals surface area contributed by atoms with Gasteiger partial charge in [0.25, 0.3) is 0 Å². The van der Waals surface area contributed by atoms with Crippen LogP contribution >= 0.6 is 12.2 Å². The number of nitrogens with one attached hydrogen (secondary N) is 1. The van der Waals surface area contributed by atoms with Crippen molar-refractivity contribution in [3.05, 3.63) is 0 Å². The van der Waals surface area contributed by atoms with Crippen LogP contribution in [0.1, 0.15) is 14.3 Å². The molecule has 1 heterocycles. The Morgan fingerprint density at radius 3 is 2.38 bits per heavy atom. The molecule has 0 aromatic carbocycles. The van der Waals surface area contributed by atoms with Crippen LogP contribution in [0.5, 0.6) is 0 Å². The third kappa shape index (κ3) is 2.22. The van der Waals surface area contributed by atoms with E-state index >= 15 is 0 Å². The van der Waals surface area contributed by atoms with Gasteiger partial charge in [-0.2, -0.15) is 0 Å². The summed E-state index contributed by atoms with van der Waals surface area (Å²) in [5.74, 6) is 0.0602. The molecule has 0 atom stereocenters. The Bertz CT molecular complexity index is 116. The molecule has 1 aliphatic rings. The monoisotopic (exact) mass is 139 g/mol. The van der Waals surface area contributed by atoms with E-state index in [0.717, 1.165) is 6.42 Å². The number of carbonyl (C=O) groups excluding carboxylic acids is 1. The molecule has 0 aromatic rings. The Balaban J connectivity index is 0. The Morgan fingerprint density at radius 1 is 1.62 bits per heavy atom. The van der Waals surface area contributed by atoms with Crippen LogP contribution in [0, 0.1) is 0 Å². The number of amides is 1. The summed E-state index contributed by atoms with van der Waals surface area (Å²) in [5.41, 5.74) is 0.